The molecule has 0 aliphatic carbocycles. The Balaban J connectivity index is 1.85. The third-order valence-corrected chi connectivity index (χ3v) is 8.65. The van der Waals surface area contributed by atoms with Crippen LogP contribution in [0.1, 0.15) is 104 Å². The molecule has 40 heavy (non-hydrogen) atoms. The van der Waals surface area contributed by atoms with Crippen LogP contribution in [0.4, 0.5) is 0 Å². The van der Waals surface area contributed by atoms with Gasteiger partial charge < -0.3 is 14.7 Å². The Hall–Kier alpha value is -3.93. The fraction of sp³-hybridized carbons (Fsp3) is 0.382. The van der Waals surface area contributed by atoms with Crippen LogP contribution in [-0.2, 0) is 9.53 Å². The van der Waals surface area contributed by atoms with Gasteiger partial charge in [-0.05, 0) is 99.6 Å². The highest BCUT2D eigenvalue weighted by atomic mass is 16.5. The van der Waals surface area contributed by atoms with E-state index >= 15 is 0 Å². The van der Waals surface area contributed by atoms with Gasteiger partial charge >= 0.3 is 5.97 Å². The quantitative estimate of drug-likeness (QED) is 0.310. The molecule has 6 heteroatoms. The Labute approximate surface area is 236 Å². The molecular formula is C34H40N4O2. The molecule has 0 spiro atoms. The first-order valence-corrected chi connectivity index (χ1v) is 14.4. The molecule has 5 heterocycles. The third-order valence-electron chi connectivity index (χ3n) is 8.65. The van der Waals surface area contributed by atoms with E-state index in [1.165, 1.54) is 11.1 Å². The predicted octanol–water partition coefficient (Wildman–Crippen LogP) is 8.45. The average molecular weight is 537 g/mol. The number of allylic oxidation sites excluding steroid dienone is 2. The number of fused-ring (bicyclic) bond motifs is 8. The molecule has 6 nitrogen and oxygen atoms in total. The van der Waals surface area contributed by atoms with Crippen molar-refractivity contribution in [3.63, 3.8) is 0 Å². The zero-order valence-electron chi connectivity index (χ0n) is 24.8. The van der Waals surface area contributed by atoms with E-state index in [-0.39, 0.29) is 17.8 Å². The van der Waals surface area contributed by atoms with Crippen molar-refractivity contribution in [1.82, 2.24) is 19.9 Å². The zero-order valence-corrected chi connectivity index (χ0v) is 24.8. The second kappa shape index (κ2) is 10.9. The number of hydrogen-bond acceptors (Lipinski definition) is 4. The second-order valence-corrected chi connectivity index (χ2v) is 11.0. The lowest BCUT2D eigenvalue weighted by Crippen LogP contribution is -2.09. The minimum Gasteiger partial charge on any atom is -0.466 e. The van der Waals surface area contributed by atoms with E-state index in [4.69, 9.17) is 14.7 Å². The Morgan fingerprint density at radius 1 is 0.950 bits per heavy atom. The Morgan fingerprint density at radius 3 is 2.35 bits per heavy atom. The summed E-state index contributed by atoms with van der Waals surface area (Å²) in [7, 11) is 0. The molecule has 2 atom stereocenters. The summed E-state index contributed by atoms with van der Waals surface area (Å²) < 4.78 is 5.25. The summed E-state index contributed by atoms with van der Waals surface area (Å²) in [6.07, 6.45) is 3.88. The van der Waals surface area contributed by atoms with Crippen LogP contribution in [-0.4, -0.2) is 32.5 Å². The summed E-state index contributed by atoms with van der Waals surface area (Å²) in [6.45, 7) is 19.3. The Morgan fingerprint density at radius 2 is 1.65 bits per heavy atom. The molecule has 0 radical (unpaired) electrons. The summed E-state index contributed by atoms with van der Waals surface area (Å²) in [5.41, 5.74) is 15.1. The molecule has 0 saturated carbocycles. The third kappa shape index (κ3) is 4.80. The number of hydrogen-bond donors (Lipinski definition) is 2. The van der Waals surface area contributed by atoms with Gasteiger partial charge in [-0.25, -0.2) is 4.98 Å². The SMILES string of the molecule is C=Cc1c(C)c2cc3nc(c(C)c4cc(C)c(cc5nc(cc1[nH]2)C(C)=C5CC)[nH]4)[C@@H](CCC(=O)OCC)[C@@H]3C. The number of nitrogens with one attached hydrogen (secondary N) is 2. The lowest BCUT2D eigenvalue weighted by molar-refractivity contribution is -0.143. The van der Waals surface area contributed by atoms with Crippen LogP contribution in [0.5, 0.6) is 0 Å². The van der Waals surface area contributed by atoms with Gasteiger partial charge in [0.15, 0.2) is 0 Å². The molecular weight excluding hydrogens is 496 g/mol. The maximum absolute atomic E-state index is 12.3. The van der Waals surface area contributed by atoms with Gasteiger partial charge in [0.2, 0.25) is 0 Å². The Kier molecular flexibility index (Phi) is 7.54. The topological polar surface area (TPSA) is 83.7 Å². The molecule has 3 aromatic rings. The second-order valence-electron chi connectivity index (χ2n) is 11.0. The van der Waals surface area contributed by atoms with Crippen molar-refractivity contribution in [2.24, 2.45) is 0 Å². The summed E-state index contributed by atoms with van der Waals surface area (Å²) in [4.78, 5) is 29.9. The highest BCUT2D eigenvalue weighted by Crippen LogP contribution is 2.42. The van der Waals surface area contributed by atoms with Crippen molar-refractivity contribution in [2.75, 3.05) is 6.61 Å². The fourth-order valence-corrected chi connectivity index (χ4v) is 6.18. The maximum atomic E-state index is 12.3. The number of esters is 1. The lowest BCUT2D eigenvalue weighted by Gasteiger charge is -2.16. The molecule has 2 aliphatic rings. The molecule has 0 fully saturated rings. The number of carbonyl (C=O) groups excluding carboxylic acids is 1. The molecule has 0 unspecified atom stereocenters. The van der Waals surface area contributed by atoms with E-state index in [0.29, 0.717) is 19.4 Å². The number of ether oxygens (including phenoxy) is 1. The smallest absolute Gasteiger partial charge is 0.305 e. The summed E-state index contributed by atoms with van der Waals surface area (Å²) >= 11 is 0. The molecule has 208 valence electrons. The van der Waals surface area contributed by atoms with Crippen molar-refractivity contribution >= 4 is 45.3 Å². The molecule has 0 amide bonds. The van der Waals surface area contributed by atoms with Crippen LogP contribution in [0.2, 0.25) is 0 Å². The van der Waals surface area contributed by atoms with Crippen LogP contribution in [0.25, 0.3) is 39.3 Å². The van der Waals surface area contributed by atoms with E-state index < -0.39 is 0 Å². The normalized spacial score (nSPS) is 16.9. The van der Waals surface area contributed by atoms with Gasteiger partial charge in [0.25, 0.3) is 0 Å². The highest BCUT2D eigenvalue weighted by Gasteiger charge is 2.31. The standard InChI is InChI=1S/C34H40N4O2/c1-9-23-20(6)29-17-32-24(10-2)19(5)28(36-32)16-30-21(7)25(12-13-33(39)40-11-3)34(38-30)22(8)27-14-18(4)26(35-27)15-31(23)37-29/h10,14-17,21,25,35-36H,2,9,11-13H2,1,3-8H3/t21-,25-/m0/s1. The van der Waals surface area contributed by atoms with Gasteiger partial charge in [0.05, 0.1) is 18.0 Å². The van der Waals surface area contributed by atoms with Gasteiger partial charge in [0, 0.05) is 57.3 Å². The van der Waals surface area contributed by atoms with Gasteiger partial charge in [-0.15, -0.1) is 0 Å². The lowest BCUT2D eigenvalue weighted by atomic mass is 9.86. The van der Waals surface area contributed by atoms with Crippen molar-refractivity contribution in [3.8, 4) is 0 Å². The number of carbonyl (C=O) groups is 1. The number of aromatic amines is 2. The van der Waals surface area contributed by atoms with Crippen LogP contribution in [0, 0.1) is 20.8 Å². The van der Waals surface area contributed by atoms with Gasteiger partial charge in [0.1, 0.15) is 0 Å². The molecule has 0 aromatic carbocycles. The first-order valence-electron chi connectivity index (χ1n) is 14.4. The van der Waals surface area contributed by atoms with Crippen LogP contribution < -0.4 is 0 Å². The van der Waals surface area contributed by atoms with E-state index in [1.807, 2.05) is 13.0 Å². The number of H-pyrrole nitrogens is 2. The minimum absolute atomic E-state index is 0.107. The predicted molar refractivity (Wildman–Crippen MR) is 165 cm³/mol. The first-order chi connectivity index (χ1) is 19.2. The van der Waals surface area contributed by atoms with Crippen LogP contribution in [0.15, 0.2) is 30.8 Å². The molecule has 2 aliphatic heterocycles. The largest absolute Gasteiger partial charge is 0.466 e. The highest BCUT2D eigenvalue weighted by molar-refractivity contribution is 5.93. The van der Waals surface area contributed by atoms with E-state index in [1.54, 1.807) is 0 Å². The van der Waals surface area contributed by atoms with Gasteiger partial charge in [-0.2, -0.15) is 0 Å². The number of aryl methyl sites for hydroxylation is 3. The van der Waals surface area contributed by atoms with E-state index in [9.17, 15) is 4.79 Å². The summed E-state index contributed by atoms with van der Waals surface area (Å²) in [5, 5.41) is 0. The van der Waals surface area contributed by atoms with Crippen molar-refractivity contribution in [2.45, 2.75) is 79.6 Å². The van der Waals surface area contributed by atoms with E-state index in [0.717, 1.165) is 73.5 Å². The minimum atomic E-state index is -0.158. The zero-order chi connectivity index (χ0) is 28.7. The van der Waals surface area contributed by atoms with Gasteiger partial charge in [-0.1, -0.05) is 26.5 Å². The summed E-state index contributed by atoms with van der Waals surface area (Å²) in [6, 6.07) is 8.68. The van der Waals surface area contributed by atoms with Crippen molar-refractivity contribution in [3.05, 3.63) is 75.9 Å². The van der Waals surface area contributed by atoms with Crippen molar-refractivity contribution < 1.29 is 9.53 Å². The van der Waals surface area contributed by atoms with Crippen LogP contribution in [0.3, 0.4) is 0 Å². The fourth-order valence-electron chi connectivity index (χ4n) is 6.18. The van der Waals surface area contributed by atoms with Crippen LogP contribution >= 0.6 is 0 Å². The molecule has 0 saturated heterocycles. The molecule has 8 bridgehead atoms. The molecule has 2 N–H and O–H groups in total. The van der Waals surface area contributed by atoms with Crippen molar-refractivity contribution in [1.29, 1.82) is 0 Å². The summed E-state index contributed by atoms with van der Waals surface area (Å²) in [5.74, 6) is 0.0954. The van der Waals surface area contributed by atoms with Gasteiger partial charge in [-0.3, -0.25) is 9.78 Å². The average Bonchev–Trinajstić information content (AvgIpc) is 3.62. The molecule has 5 rings (SSSR count). The number of aromatic nitrogens is 4. The monoisotopic (exact) mass is 536 g/mol. The molecule has 3 aromatic heterocycles. The maximum Gasteiger partial charge on any atom is 0.305 e. The number of rotatable bonds is 6. The van der Waals surface area contributed by atoms with E-state index in [2.05, 4.69) is 82.4 Å². The first kappa shape index (κ1) is 27.6. The number of nitrogens with zero attached hydrogens (tertiary/aromatic N) is 2. The Bertz CT molecular complexity index is 1700.